The predicted molar refractivity (Wildman–Crippen MR) is 147 cm³/mol. The number of benzene rings is 3. The van der Waals surface area contributed by atoms with E-state index in [1.165, 1.54) is 12.1 Å². The number of fused-ring (bicyclic) bond motifs is 1. The van der Waals surface area contributed by atoms with Crippen molar-refractivity contribution in [1.29, 1.82) is 0 Å². The Bertz CT molecular complexity index is 1540. The summed E-state index contributed by atoms with van der Waals surface area (Å²) in [5.41, 5.74) is -3.82. The van der Waals surface area contributed by atoms with Crippen molar-refractivity contribution < 1.29 is 30.5 Å². The second kappa shape index (κ2) is 10.1. The van der Waals surface area contributed by atoms with E-state index in [1.54, 1.807) is 19.2 Å². The minimum atomic E-state index is -5.86. The molecule has 4 rings (SSSR count). The number of hydrogen-bond acceptors (Lipinski definition) is 4. The predicted octanol–water partition coefficient (Wildman–Crippen LogP) is 6.25. The molecule has 0 radical (unpaired) electrons. The van der Waals surface area contributed by atoms with Gasteiger partial charge in [0, 0.05) is 11.0 Å². The van der Waals surface area contributed by atoms with E-state index in [1.807, 2.05) is 76.2 Å². The first-order valence-corrected chi connectivity index (χ1v) is 15.8. The second-order valence-electron chi connectivity index (χ2n) is 9.78. The molecule has 1 aromatic heterocycles. The summed E-state index contributed by atoms with van der Waals surface area (Å²) in [5, 5.41) is 2.41. The first-order chi connectivity index (χ1) is 17.8. The number of nitrogens with zero attached hydrogens (tertiary/aromatic N) is 1. The molecule has 4 aromatic rings. The summed E-state index contributed by atoms with van der Waals surface area (Å²) in [5.74, 6) is 0.407. The number of ether oxygens (including phenoxy) is 1. The minimum absolute atomic E-state index is 0.0397. The van der Waals surface area contributed by atoms with E-state index in [4.69, 9.17) is 8.92 Å². The maximum absolute atomic E-state index is 13.4. The fourth-order valence-electron chi connectivity index (χ4n) is 5.53. The quantitative estimate of drug-likeness (QED) is 0.145. The number of hydrogen-bond donors (Lipinski definition) is 0. The molecule has 1 heterocycles. The molecule has 0 bridgehead atoms. The number of alkyl halides is 3. The van der Waals surface area contributed by atoms with Gasteiger partial charge in [0.1, 0.15) is 19.6 Å². The lowest BCUT2D eigenvalue weighted by molar-refractivity contribution is -0.0499. The van der Waals surface area contributed by atoms with Gasteiger partial charge in [0.15, 0.2) is 0 Å². The average Bonchev–Trinajstić information content (AvgIpc) is 3.23. The Labute approximate surface area is 222 Å². The maximum Gasteiger partial charge on any atom is 0.534 e. The Balaban J connectivity index is 2.09. The standard InChI is InChI=1S/C28H30F3NO4SSi/c1-19(2)38(20(3)4,26-13-9-8-12-25(26)36-37(33,34)28(29,30)31)27-18-21-10-6-7-11-24(21)32(27)22-14-16-23(35-5)17-15-22/h6-20H,1-5H3. The lowest BCUT2D eigenvalue weighted by atomic mass is 10.2. The molecule has 0 saturated heterocycles. The van der Waals surface area contributed by atoms with Crippen LogP contribution in [0.2, 0.25) is 11.1 Å². The van der Waals surface area contributed by atoms with E-state index >= 15 is 0 Å². The number of rotatable bonds is 8. The van der Waals surface area contributed by atoms with Crippen molar-refractivity contribution in [2.75, 3.05) is 7.11 Å². The van der Waals surface area contributed by atoms with Gasteiger partial charge in [-0.1, -0.05) is 64.1 Å². The second-order valence-corrected chi connectivity index (χ2v) is 16.4. The molecule has 0 amide bonds. The van der Waals surface area contributed by atoms with Crippen LogP contribution in [0.15, 0.2) is 78.9 Å². The molecule has 0 aliphatic rings. The van der Waals surface area contributed by atoms with E-state index in [9.17, 15) is 21.6 Å². The molecular formula is C28H30F3NO4SSi. The van der Waals surface area contributed by atoms with Gasteiger partial charge in [-0.15, -0.1) is 0 Å². The van der Waals surface area contributed by atoms with Crippen LogP contribution in [0.1, 0.15) is 27.7 Å². The summed E-state index contributed by atoms with van der Waals surface area (Å²) < 4.78 is 76.6. The van der Waals surface area contributed by atoms with Gasteiger partial charge in [-0.3, -0.25) is 0 Å². The first kappa shape index (κ1) is 27.8. The molecule has 0 aliphatic carbocycles. The monoisotopic (exact) mass is 561 g/mol. The van der Waals surface area contributed by atoms with Crippen LogP contribution >= 0.6 is 0 Å². The number of para-hydroxylation sites is 2. The summed E-state index contributed by atoms with van der Waals surface area (Å²) in [6.07, 6.45) is 0. The van der Waals surface area contributed by atoms with E-state index in [0.29, 0.717) is 10.9 Å². The van der Waals surface area contributed by atoms with Crippen LogP contribution in [0.3, 0.4) is 0 Å². The molecule has 0 atom stereocenters. The van der Waals surface area contributed by atoms with E-state index < -0.39 is 23.7 Å². The highest BCUT2D eigenvalue weighted by Gasteiger charge is 2.52. The average molecular weight is 562 g/mol. The van der Waals surface area contributed by atoms with E-state index in [0.717, 1.165) is 21.9 Å². The fraction of sp³-hybridized carbons (Fsp3) is 0.286. The highest BCUT2D eigenvalue weighted by molar-refractivity contribution is 7.88. The van der Waals surface area contributed by atoms with Crippen molar-refractivity contribution in [2.45, 2.75) is 44.3 Å². The van der Waals surface area contributed by atoms with Crippen LogP contribution in [-0.2, 0) is 10.1 Å². The van der Waals surface area contributed by atoms with Gasteiger partial charge in [0.25, 0.3) is 0 Å². The Hall–Kier alpha value is -3.24. The molecule has 5 nitrogen and oxygen atoms in total. The minimum Gasteiger partial charge on any atom is -0.497 e. The lowest BCUT2D eigenvalue weighted by Gasteiger charge is -2.41. The van der Waals surface area contributed by atoms with Crippen LogP contribution in [0.25, 0.3) is 16.6 Å². The van der Waals surface area contributed by atoms with Crippen molar-refractivity contribution in [2.24, 2.45) is 0 Å². The Kier molecular flexibility index (Phi) is 7.42. The molecule has 0 fully saturated rings. The summed E-state index contributed by atoms with van der Waals surface area (Å²) in [6, 6.07) is 23.8. The molecule has 0 saturated carbocycles. The van der Waals surface area contributed by atoms with Crippen LogP contribution in [0.5, 0.6) is 11.5 Å². The lowest BCUT2D eigenvalue weighted by Crippen LogP contribution is -2.65. The summed E-state index contributed by atoms with van der Waals surface area (Å²) in [4.78, 5) is 0. The van der Waals surface area contributed by atoms with Gasteiger partial charge >= 0.3 is 15.6 Å². The van der Waals surface area contributed by atoms with Crippen molar-refractivity contribution >= 4 is 39.6 Å². The van der Waals surface area contributed by atoms with Crippen LogP contribution < -0.4 is 19.4 Å². The van der Waals surface area contributed by atoms with E-state index in [2.05, 4.69) is 10.6 Å². The van der Waals surface area contributed by atoms with E-state index in [-0.39, 0.29) is 16.8 Å². The van der Waals surface area contributed by atoms with Crippen LogP contribution in [0.4, 0.5) is 13.2 Å². The fourth-order valence-corrected chi connectivity index (χ4v) is 12.0. The third-order valence-electron chi connectivity index (χ3n) is 7.10. The first-order valence-electron chi connectivity index (χ1n) is 12.2. The van der Waals surface area contributed by atoms with Crippen molar-refractivity contribution in [3.05, 3.63) is 78.9 Å². The van der Waals surface area contributed by atoms with Crippen molar-refractivity contribution in [3.63, 3.8) is 0 Å². The maximum atomic E-state index is 13.4. The molecule has 10 heteroatoms. The van der Waals surface area contributed by atoms with Crippen LogP contribution in [0, 0.1) is 0 Å². The highest BCUT2D eigenvalue weighted by atomic mass is 32.2. The molecule has 0 aliphatic heterocycles. The Morgan fingerprint density at radius 3 is 2.00 bits per heavy atom. The smallest absolute Gasteiger partial charge is 0.497 e. The molecule has 0 spiro atoms. The molecule has 202 valence electrons. The van der Waals surface area contributed by atoms with Gasteiger partial charge in [-0.05, 0) is 64.1 Å². The van der Waals surface area contributed by atoms with Gasteiger partial charge in [-0.2, -0.15) is 21.6 Å². The zero-order valence-electron chi connectivity index (χ0n) is 21.8. The molecule has 0 unspecified atom stereocenters. The third-order valence-corrected chi connectivity index (χ3v) is 14.2. The zero-order valence-corrected chi connectivity index (χ0v) is 23.6. The molecule has 38 heavy (non-hydrogen) atoms. The number of aromatic nitrogens is 1. The number of methoxy groups -OCH3 is 1. The van der Waals surface area contributed by atoms with Crippen LogP contribution in [-0.4, -0.2) is 33.7 Å². The normalized spacial score (nSPS) is 12.9. The van der Waals surface area contributed by atoms with Gasteiger partial charge in [0.2, 0.25) is 0 Å². The topological polar surface area (TPSA) is 57.5 Å². The van der Waals surface area contributed by atoms with Gasteiger partial charge in [0.05, 0.1) is 12.6 Å². The Morgan fingerprint density at radius 2 is 1.42 bits per heavy atom. The largest absolute Gasteiger partial charge is 0.534 e. The summed E-state index contributed by atoms with van der Waals surface area (Å²) in [6.45, 7) is 8.16. The highest BCUT2D eigenvalue weighted by Crippen LogP contribution is 2.38. The third kappa shape index (κ3) is 4.60. The number of halogens is 3. The summed E-state index contributed by atoms with van der Waals surface area (Å²) in [7, 11) is -7.33. The molecule has 0 N–H and O–H groups in total. The Morgan fingerprint density at radius 1 is 0.842 bits per heavy atom. The molecule has 3 aromatic carbocycles. The molecular weight excluding hydrogens is 531 g/mol. The van der Waals surface area contributed by atoms with Gasteiger partial charge < -0.3 is 13.5 Å². The SMILES string of the molecule is COc1ccc(-n2c([Si](c3ccccc3OS(=O)(=O)C(F)(F)F)(C(C)C)C(C)C)cc3ccccc32)cc1. The van der Waals surface area contributed by atoms with Gasteiger partial charge in [-0.25, -0.2) is 0 Å². The van der Waals surface area contributed by atoms with Crippen molar-refractivity contribution in [3.8, 4) is 17.2 Å². The van der Waals surface area contributed by atoms with Crippen molar-refractivity contribution in [1.82, 2.24) is 4.57 Å². The zero-order chi connectivity index (χ0) is 27.9. The summed E-state index contributed by atoms with van der Waals surface area (Å²) >= 11 is 0.